The molecule has 0 bridgehead atoms. The highest BCUT2D eigenvalue weighted by Gasteiger charge is 2.14. The van der Waals surface area contributed by atoms with Crippen LogP contribution in [-0.4, -0.2) is 32.0 Å². The standard InChI is InChI=1S/C20H25N3O2/c1-4-16-6-5-7-18(12-16)22-20(25)14-23(3)13-19(24)21-17-10-8-15(2)9-11-17/h5-12H,4,13-14H2,1-3H3,(H,21,24)(H,22,25)/p+1. The number of benzene rings is 2. The zero-order valence-corrected chi connectivity index (χ0v) is 15.1. The molecule has 0 fully saturated rings. The molecular weight excluding hydrogens is 314 g/mol. The third-order valence-electron chi connectivity index (χ3n) is 3.88. The van der Waals surface area contributed by atoms with Gasteiger partial charge in [-0.05, 0) is 43.2 Å². The van der Waals surface area contributed by atoms with E-state index in [1.807, 2.05) is 62.5 Å². The fourth-order valence-corrected chi connectivity index (χ4v) is 2.53. The molecule has 2 aromatic carbocycles. The van der Waals surface area contributed by atoms with Crippen LogP contribution in [-0.2, 0) is 16.0 Å². The minimum Gasteiger partial charge on any atom is -0.322 e. The largest absolute Gasteiger partial charge is 0.322 e. The molecule has 0 saturated carbocycles. The first kappa shape index (κ1) is 18.7. The van der Waals surface area contributed by atoms with Gasteiger partial charge in [-0.2, -0.15) is 0 Å². The van der Waals surface area contributed by atoms with Gasteiger partial charge in [0.25, 0.3) is 11.8 Å². The normalized spacial score (nSPS) is 11.6. The molecule has 132 valence electrons. The van der Waals surface area contributed by atoms with Gasteiger partial charge in [0.05, 0.1) is 7.05 Å². The van der Waals surface area contributed by atoms with Crippen LogP contribution in [0.1, 0.15) is 18.1 Å². The summed E-state index contributed by atoms with van der Waals surface area (Å²) in [6, 6.07) is 15.4. The minimum atomic E-state index is -0.109. The van der Waals surface area contributed by atoms with Gasteiger partial charge >= 0.3 is 0 Å². The Morgan fingerprint density at radius 2 is 1.52 bits per heavy atom. The summed E-state index contributed by atoms with van der Waals surface area (Å²) in [6.07, 6.45) is 0.925. The van der Waals surface area contributed by atoms with Gasteiger partial charge < -0.3 is 15.5 Å². The fourth-order valence-electron chi connectivity index (χ4n) is 2.53. The van der Waals surface area contributed by atoms with E-state index in [4.69, 9.17) is 0 Å². The summed E-state index contributed by atoms with van der Waals surface area (Å²) >= 11 is 0. The number of quaternary nitrogens is 1. The topological polar surface area (TPSA) is 62.6 Å². The number of amides is 2. The zero-order valence-electron chi connectivity index (χ0n) is 15.1. The molecule has 0 aromatic heterocycles. The van der Waals surface area contributed by atoms with Gasteiger partial charge in [-0.25, -0.2) is 0 Å². The third-order valence-corrected chi connectivity index (χ3v) is 3.88. The van der Waals surface area contributed by atoms with E-state index in [1.165, 1.54) is 5.56 Å². The highest BCUT2D eigenvalue weighted by Crippen LogP contribution is 2.10. The van der Waals surface area contributed by atoms with E-state index in [2.05, 4.69) is 17.6 Å². The Labute approximate surface area is 149 Å². The lowest BCUT2D eigenvalue weighted by Gasteiger charge is -2.14. The second-order valence-electron chi connectivity index (χ2n) is 6.33. The van der Waals surface area contributed by atoms with E-state index in [0.29, 0.717) is 0 Å². The second kappa shape index (κ2) is 8.99. The molecule has 3 N–H and O–H groups in total. The molecule has 25 heavy (non-hydrogen) atoms. The first-order chi connectivity index (χ1) is 12.0. The molecule has 0 radical (unpaired) electrons. The number of aryl methyl sites for hydroxylation is 2. The first-order valence-electron chi connectivity index (χ1n) is 8.53. The summed E-state index contributed by atoms with van der Waals surface area (Å²) in [7, 11) is 1.83. The Hall–Kier alpha value is -2.66. The van der Waals surface area contributed by atoms with E-state index in [-0.39, 0.29) is 24.9 Å². The Bertz CT molecular complexity index is 726. The Balaban J connectivity index is 1.80. The van der Waals surface area contributed by atoms with Crippen molar-refractivity contribution in [3.63, 3.8) is 0 Å². The van der Waals surface area contributed by atoms with Gasteiger partial charge in [-0.1, -0.05) is 36.8 Å². The summed E-state index contributed by atoms with van der Waals surface area (Å²) in [5.74, 6) is -0.212. The zero-order chi connectivity index (χ0) is 18.2. The minimum absolute atomic E-state index is 0.103. The highest BCUT2D eigenvalue weighted by molar-refractivity contribution is 5.93. The van der Waals surface area contributed by atoms with Crippen LogP contribution < -0.4 is 15.5 Å². The molecule has 1 atom stereocenters. The van der Waals surface area contributed by atoms with Gasteiger partial charge in [-0.3, -0.25) is 9.59 Å². The lowest BCUT2D eigenvalue weighted by atomic mass is 10.1. The first-order valence-corrected chi connectivity index (χ1v) is 8.53. The summed E-state index contributed by atoms with van der Waals surface area (Å²) in [5.41, 5.74) is 3.88. The molecule has 2 rings (SSSR count). The highest BCUT2D eigenvalue weighted by atomic mass is 16.2. The van der Waals surface area contributed by atoms with Crippen LogP contribution in [0.15, 0.2) is 48.5 Å². The Morgan fingerprint density at radius 1 is 0.920 bits per heavy atom. The van der Waals surface area contributed by atoms with Gasteiger partial charge in [-0.15, -0.1) is 0 Å². The molecule has 0 aliphatic heterocycles. The SMILES string of the molecule is CCc1cccc(NC(=O)C[NH+](C)CC(=O)Nc2ccc(C)cc2)c1. The van der Waals surface area contributed by atoms with Gasteiger partial charge in [0.15, 0.2) is 13.1 Å². The van der Waals surface area contributed by atoms with Crippen LogP contribution in [0.2, 0.25) is 0 Å². The molecule has 1 unspecified atom stereocenters. The summed E-state index contributed by atoms with van der Waals surface area (Å²) in [6.45, 7) is 4.54. The molecule has 0 spiro atoms. The third kappa shape index (κ3) is 6.39. The lowest BCUT2D eigenvalue weighted by Crippen LogP contribution is -3.11. The van der Waals surface area contributed by atoms with E-state index >= 15 is 0 Å². The monoisotopic (exact) mass is 340 g/mol. The smallest absolute Gasteiger partial charge is 0.279 e. The maximum Gasteiger partial charge on any atom is 0.279 e. The van der Waals surface area contributed by atoms with Crippen molar-refractivity contribution in [3.8, 4) is 0 Å². The van der Waals surface area contributed by atoms with Crippen molar-refractivity contribution in [2.75, 3.05) is 30.8 Å². The number of hydrogen-bond donors (Lipinski definition) is 3. The van der Waals surface area contributed by atoms with Crippen LogP contribution in [0.5, 0.6) is 0 Å². The van der Waals surface area contributed by atoms with Crippen LogP contribution in [0.4, 0.5) is 11.4 Å². The van der Waals surface area contributed by atoms with Crippen molar-refractivity contribution in [1.29, 1.82) is 0 Å². The van der Waals surface area contributed by atoms with E-state index in [0.717, 1.165) is 28.3 Å². The van der Waals surface area contributed by atoms with Crippen molar-refractivity contribution in [2.24, 2.45) is 0 Å². The maximum absolute atomic E-state index is 12.1. The molecule has 0 heterocycles. The van der Waals surface area contributed by atoms with Gasteiger partial charge in [0.2, 0.25) is 0 Å². The quantitative estimate of drug-likeness (QED) is 0.718. The number of carbonyl (C=O) groups excluding carboxylic acids is 2. The second-order valence-corrected chi connectivity index (χ2v) is 6.33. The molecule has 0 saturated heterocycles. The number of rotatable bonds is 7. The number of anilines is 2. The van der Waals surface area contributed by atoms with Crippen LogP contribution in [0, 0.1) is 6.92 Å². The van der Waals surface area contributed by atoms with Crippen molar-refractivity contribution in [1.82, 2.24) is 0 Å². The Morgan fingerprint density at radius 3 is 2.12 bits per heavy atom. The van der Waals surface area contributed by atoms with E-state index in [9.17, 15) is 9.59 Å². The average molecular weight is 340 g/mol. The number of hydrogen-bond acceptors (Lipinski definition) is 2. The average Bonchev–Trinajstić information content (AvgIpc) is 2.56. The van der Waals surface area contributed by atoms with Crippen molar-refractivity contribution >= 4 is 23.2 Å². The summed E-state index contributed by atoms with van der Waals surface area (Å²) in [4.78, 5) is 25.0. The fraction of sp³-hybridized carbons (Fsp3) is 0.300. The molecule has 5 nitrogen and oxygen atoms in total. The van der Waals surface area contributed by atoms with E-state index < -0.39 is 0 Å². The molecule has 2 aromatic rings. The van der Waals surface area contributed by atoms with Crippen LogP contribution in [0.3, 0.4) is 0 Å². The van der Waals surface area contributed by atoms with Crippen molar-refractivity contribution in [2.45, 2.75) is 20.3 Å². The van der Waals surface area contributed by atoms with Crippen LogP contribution >= 0.6 is 0 Å². The van der Waals surface area contributed by atoms with Crippen molar-refractivity contribution in [3.05, 3.63) is 59.7 Å². The molecule has 0 aliphatic carbocycles. The number of nitrogens with one attached hydrogen (secondary N) is 3. The van der Waals surface area contributed by atoms with Gasteiger partial charge in [0, 0.05) is 11.4 Å². The molecular formula is C20H26N3O2+. The summed E-state index contributed by atoms with van der Waals surface area (Å²) in [5, 5.41) is 5.73. The van der Waals surface area contributed by atoms with Crippen molar-refractivity contribution < 1.29 is 14.5 Å². The van der Waals surface area contributed by atoms with Gasteiger partial charge in [0.1, 0.15) is 0 Å². The number of carbonyl (C=O) groups is 2. The lowest BCUT2D eigenvalue weighted by molar-refractivity contribution is -0.862. The predicted molar refractivity (Wildman–Crippen MR) is 101 cm³/mol. The number of likely N-dealkylation sites (N-methyl/N-ethyl adjacent to an activating group) is 1. The summed E-state index contributed by atoms with van der Waals surface area (Å²) < 4.78 is 0. The predicted octanol–water partition coefficient (Wildman–Crippen LogP) is 1.65. The molecule has 0 aliphatic rings. The Kier molecular flexibility index (Phi) is 6.71. The molecule has 2 amide bonds. The van der Waals surface area contributed by atoms with E-state index in [1.54, 1.807) is 0 Å². The molecule has 5 heteroatoms. The maximum atomic E-state index is 12.1. The van der Waals surface area contributed by atoms with Crippen LogP contribution in [0.25, 0.3) is 0 Å².